The van der Waals surface area contributed by atoms with E-state index >= 15 is 0 Å². The Labute approximate surface area is 233 Å². The van der Waals surface area contributed by atoms with Crippen LogP contribution in [0.2, 0.25) is 0 Å². The van der Waals surface area contributed by atoms with E-state index in [0.29, 0.717) is 19.3 Å². The molecule has 5 rings (SSSR count). The van der Waals surface area contributed by atoms with E-state index in [2.05, 4.69) is 33.8 Å². The van der Waals surface area contributed by atoms with Crippen LogP contribution in [0.3, 0.4) is 0 Å². The molecule has 4 aliphatic carbocycles. The van der Waals surface area contributed by atoms with Gasteiger partial charge in [-0.2, -0.15) is 5.26 Å². The fourth-order valence-electron chi connectivity index (χ4n) is 9.66. The zero-order valence-electron chi connectivity index (χ0n) is 24.9. The van der Waals surface area contributed by atoms with Crippen LogP contribution in [0.1, 0.15) is 92.9 Å². The lowest BCUT2D eigenvalue weighted by Gasteiger charge is -2.66. The van der Waals surface area contributed by atoms with Gasteiger partial charge in [0.05, 0.1) is 31.3 Å². The lowest BCUT2D eigenvalue weighted by Crippen LogP contribution is -2.62. The van der Waals surface area contributed by atoms with Crippen molar-refractivity contribution >= 4 is 17.5 Å². The van der Waals surface area contributed by atoms with Gasteiger partial charge in [-0.25, -0.2) is 0 Å². The summed E-state index contributed by atoms with van der Waals surface area (Å²) in [5.74, 6) is -0.445. The van der Waals surface area contributed by atoms with Crippen LogP contribution in [-0.4, -0.2) is 37.9 Å². The number of rotatable bonds is 5. The number of fused-ring (bicyclic) bond motifs is 5. The maximum atomic E-state index is 14.1. The predicted molar refractivity (Wildman–Crippen MR) is 147 cm³/mol. The van der Waals surface area contributed by atoms with Gasteiger partial charge in [0.15, 0.2) is 11.6 Å². The van der Waals surface area contributed by atoms with Crippen LogP contribution >= 0.6 is 0 Å². The van der Waals surface area contributed by atoms with E-state index in [9.17, 15) is 19.6 Å². The summed E-state index contributed by atoms with van der Waals surface area (Å²) in [6.07, 6.45) is 10.1. The van der Waals surface area contributed by atoms with E-state index in [4.69, 9.17) is 9.47 Å². The van der Waals surface area contributed by atoms with Crippen LogP contribution in [0.15, 0.2) is 23.3 Å². The minimum Gasteiger partial charge on any atom is -0.469 e. The minimum absolute atomic E-state index is 0.0227. The molecule has 0 amide bonds. The van der Waals surface area contributed by atoms with Gasteiger partial charge in [0.25, 0.3) is 0 Å². The summed E-state index contributed by atoms with van der Waals surface area (Å²) >= 11 is 0. The molecule has 0 unspecified atom stereocenters. The van der Waals surface area contributed by atoms with Gasteiger partial charge < -0.3 is 9.47 Å². The Kier molecular flexibility index (Phi) is 6.43. The number of nitrogens with zero attached hydrogens (tertiary/aromatic N) is 1. The number of allylic oxidation sites excluding steroid dienone is 4. The second kappa shape index (κ2) is 8.87. The molecule has 212 valence electrons. The molecule has 6 atom stereocenters. The monoisotopic (exact) mass is 535 g/mol. The standard InChI is InChI=1S/C33H45NO5/c1-8-32(19-39-20-32)12-14-33(27(37)38-7)13-11-30(5)22(17-33)23(35)15-25-29(4)16-21(18-34)26(36)28(2,3)24(29)9-10-31(25,30)6/h15-16,22,24H,8-14,17,19-20H2,1-7H3/t22-,24-,29-,30+,31+,33+/m0/s1. The summed E-state index contributed by atoms with van der Waals surface area (Å²) in [4.78, 5) is 40.7. The third kappa shape index (κ3) is 3.64. The van der Waals surface area contributed by atoms with Crippen LogP contribution in [0, 0.1) is 55.7 Å². The highest BCUT2D eigenvalue weighted by atomic mass is 16.5. The summed E-state index contributed by atoms with van der Waals surface area (Å²) in [6.45, 7) is 14.3. The minimum atomic E-state index is -0.676. The normalized spacial score (nSPS) is 42.0. The van der Waals surface area contributed by atoms with Crippen molar-refractivity contribution in [3.8, 4) is 6.07 Å². The van der Waals surface area contributed by atoms with Crippen molar-refractivity contribution < 1.29 is 23.9 Å². The van der Waals surface area contributed by atoms with E-state index in [1.165, 1.54) is 7.11 Å². The lowest BCUT2D eigenvalue weighted by atomic mass is 9.36. The van der Waals surface area contributed by atoms with E-state index in [1.54, 1.807) is 0 Å². The first kappa shape index (κ1) is 28.3. The van der Waals surface area contributed by atoms with Crippen molar-refractivity contribution in [1.29, 1.82) is 5.26 Å². The fourth-order valence-corrected chi connectivity index (χ4v) is 9.66. The largest absolute Gasteiger partial charge is 0.469 e. The predicted octanol–water partition coefficient (Wildman–Crippen LogP) is 6.15. The molecule has 0 bridgehead atoms. The Morgan fingerprint density at radius 3 is 2.36 bits per heavy atom. The number of carbonyl (C=O) groups excluding carboxylic acids is 3. The highest BCUT2D eigenvalue weighted by Crippen LogP contribution is 2.72. The van der Waals surface area contributed by atoms with Crippen molar-refractivity contribution in [1.82, 2.24) is 0 Å². The average molecular weight is 536 g/mol. The summed E-state index contributed by atoms with van der Waals surface area (Å²) in [5.41, 5.74) is -1.08. The summed E-state index contributed by atoms with van der Waals surface area (Å²) in [6, 6.07) is 2.16. The number of ether oxygens (including phenoxy) is 2. The quantitative estimate of drug-likeness (QED) is 0.392. The summed E-state index contributed by atoms with van der Waals surface area (Å²) in [7, 11) is 1.47. The van der Waals surface area contributed by atoms with E-state index in [0.717, 1.165) is 50.9 Å². The molecule has 0 spiro atoms. The molecule has 0 aromatic rings. The number of carbonyl (C=O) groups is 3. The molecular weight excluding hydrogens is 490 g/mol. The van der Waals surface area contributed by atoms with Gasteiger partial charge in [-0.3, -0.25) is 14.4 Å². The molecule has 1 aliphatic heterocycles. The third-order valence-corrected chi connectivity index (χ3v) is 12.8. The van der Waals surface area contributed by atoms with Gasteiger partial charge in [-0.05, 0) is 74.2 Å². The van der Waals surface area contributed by atoms with E-state index < -0.39 is 16.2 Å². The number of ketones is 2. The van der Waals surface area contributed by atoms with Crippen LogP contribution < -0.4 is 0 Å². The number of methoxy groups -OCH3 is 1. The topological polar surface area (TPSA) is 93.5 Å². The van der Waals surface area contributed by atoms with Gasteiger partial charge in [0.2, 0.25) is 0 Å². The maximum Gasteiger partial charge on any atom is 0.311 e. The van der Waals surface area contributed by atoms with E-state index in [1.807, 2.05) is 26.0 Å². The highest BCUT2D eigenvalue weighted by molar-refractivity contribution is 6.04. The molecule has 1 saturated heterocycles. The third-order valence-electron chi connectivity index (χ3n) is 12.8. The van der Waals surface area contributed by atoms with Crippen LogP contribution in [0.5, 0.6) is 0 Å². The van der Waals surface area contributed by atoms with E-state index in [-0.39, 0.29) is 51.2 Å². The number of nitriles is 1. The maximum absolute atomic E-state index is 14.1. The van der Waals surface area contributed by atoms with Crippen LogP contribution in [0.25, 0.3) is 0 Å². The number of hydrogen-bond donors (Lipinski definition) is 0. The Balaban J connectivity index is 1.56. The molecule has 0 radical (unpaired) electrons. The van der Waals surface area contributed by atoms with Gasteiger partial charge in [0, 0.05) is 22.2 Å². The molecule has 0 aromatic heterocycles. The smallest absolute Gasteiger partial charge is 0.311 e. The SMILES string of the molecule is CCC1(CC[C@]2(C(=O)OC)CC[C@]3(C)[C@@H](C2)C(=O)C=C2[C@@]4(C)C=C(C#N)C(=O)C(C)(C)[C@@H]4CC[C@]23C)COC1. The zero-order chi connectivity index (χ0) is 28.6. The first-order valence-corrected chi connectivity index (χ1v) is 14.8. The second-order valence-electron chi connectivity index (χ2n) is 14.7. The van der Waals surface area contributed by atoms with Gasteiger partial charge >= 0.3 is 5.97 Å². The van der Waals surface area contributed by atoms with Crippen LogP contribution in [-0.2, 0) is 23.9 Å². The number of hydrogen-bond acceptors (Lipinski definition) is 6. The Morgan fingerprint density at radius 2 is 1.79 bits per heavy atom. The Morgan fingerprint density at radius 1 is 1.10 bits per heavy atom. The first-order chi connectivity index (χ1) is 18.2. The molecule has 0 aromatic carbocycles. The Hall–Kier alpha value is -2.26. The number of Topliss-reactive ketones (excluding diaryl/α,β-unsaturated/α-hetero) is 1. The van der Waals surface area contributed by atoms with Crippen molar-refractivity contribution in [3.63, 3.8) is 0 Å². The molecule has 39 heavy (non-hydrogen) atoms. The highest BCUT2D eigenvalue weighted by Gasteiger charge is 2.67. The zero-order valence-corrected chi connectivity index (χ0v) is 24.9. The van der Waals surface area contributed by atoms with Gasteiger partial charge in [0.1, 0.15) is 6.07 Å². The van der Waals surface area contributed by atoms with Crippen molar-refractivity contribution in [3.05, 3.63) is 23.3 Å². The molecule has 6 nitrogen and oxygen atoms in total. The summed E-state index contributed by atoms with van der Waals surface area (Å²) in [5, 5.41) is 9.85. The molecule has 1 heterocycles. The fraction of sp³-hybridized carbons (Fsp3) is 0.758. The van der Waals surface area contributed by atoms with Crippen molar-refractivity contribution in [2.45, 2.75) is 92.9 Å². The van der Waals surface area contributed by atoms with Crippen LogP contribution in [0.4, 0.5) is 0 Å². The van der Waals surface area contributed by atoms with Crippen molar-refractivity contribution in [2.75, 3.05) is 20.3 Å². The summed E-state index contributed by atoms with van der Waals surface area (Å²) < 4.78 is 10.9. The molecule has 0 N–H and O–H groups in total. The first-order valence-electron chi connectivity index (χ1n) is 14.8. The molecule has 6 heteroatoms. The molecule has 5 aliphatic rings. The van der Waals surface area contributed by atoms with Crippen molar-refractivity contribution in [2.24, 2.45) is 44.3 Å². The second-order valence-corrected chi connectivity index (χ2v) is 14.7. The molecule has 3 fully saturated rings. The molecule has 2 saturated carbocycles. The number of esters is 1. The van der Waals surface area contributed by atoms with Gasteiger partial charge in [-0.15, -0.1) is 0 Å². The average Bonchev–Trinajstić information content (AvgIpc) is 2.87. The van der Waals surface area contributed by atoms with Gasteiger partial charge in [-0.1, -0.05) is 53.2 Å². The molecular formula is C33H45NO5. The lowest BCUT2D eigenvalue weighted by molar-refractivity contribution is -0.172. The Bertz CT molecular complexity index is 1210.